The molecule has 106 valence electrons. The molecule has 0 saturated heterocycles. The van der Waals surface area contributed by atoms with Crippen LogP contribution in [0.1, 0.15) is 5.56 Å². The van der Waals surface area contributed by atoms with E-state index in [0.29, 0.717) is 32.5 Å². The van der Waals surface area contributed by atoms with Crippen molar-refractivity contribution >= 4 is 40.8 Å². The van der Waals surface area contributed by atoms with Crippen molar-refractivity contribution in [2.24, 2.45) is 0 Å². The maximum absolute atomic E-state index is 5.98. The Hall–Kier alpha value is -1.17. The van der Waals surface area contributed by atoms with E-state index in [2.05, 4.69) is 15.3 Å². The molecule has 0 amide bonds. The average molecular weight is 330 g/mol. The summed E-state index contributed by atoms with van der Waals surface area (Å²) in [5, 5.41) is 4.75. The first-order valence-corrected chi connectivity index (χ1v) is 7.53. The van der Waals surface area contributed by atoms with Crippen LogP contribution in [0.5, 0.6) is 5.75 Å². The van der Waals surface area contributed by atoms with E-state index in [4.69, 9.17) is 27.9 Å². The topological polar surface area (TPSA) is 47.0 Å². The van der Waals surface area contributed by atoms with Gasteiger partial charge < -0.3 is 10.1 Å². The number of rotatable bonds is 5. The van der Waals surface area contributed by atoms with Gasteiger partial charge in [-0.1, -0.05) is 41.0 Å². The minimum Gasteiger partial charge on any atom is -0.491 e. The number of halogens is 2. The van der Waals surface area contributed by atoms with E-state index in [1.165, 1.54) is 11.8 Å². The molecule has 0 spiro atoms. The maximum Gasteiger partial charge on any atom is 0.190 e. The molecule has 1 N–H and O–H groups in total. The standard InChI is InChI=1S/C13H13Cl2N3OS/c1-16-12-11(19-2)6-17-13(18-12)20-7-8-3-4-9(14)10(15)5-8/h3-6H,7H2,1-2H3,(H,16,17,18). The number of nitrogens with zero attached hydrogens (tertiary/aromatic N) is 2. The van der Waals surface area contributed by atoms with Crippen molar-refractivity contribution in [1.82, 2.24) is 9.97 Å². The van der Waals surface area contributed by atoms with Crippen molar-refractivity contribution in [1.29, 1.82) is 0 Å². The first-order valence-electron chi connectivity index (χ1n) is 5.79. The third-order valence-corrected chi connectivity index (χ3v) is 4.21. The molecule has 0 unspecified atom stereocenters. The van der Waals surface area contributed by atoms with Crippen LogP contribution in [0.2, 0.25) is 10.0 Å². The Morgan fingerprint density at radius 2 is 2.10 bits per heavy atom. The number of benzene rings is 1. The summed E-state index contributed by atoms with van der Waals surface area (Å²) in [5.41, 5.74) is 1.06. The monoisotopic (exact) mass is 329 g/mol. The first kappa shape index (κ1) is 15.2. The van der Waals surface area contributed by atoms with E-state index < -0.39 is 0 Å². The molecule has 4 nitrogen and oxygen atoms in total. The predicted molar refractivity (Wildman–Crippen MR) is 84.2 cm³/mol. The fourth-order valence-corrected chi connectivity index (χ4v) is 2.61. The Balaban J connectivity index is 2.08. The number of nitrogens with one attached hydrogen (secondary N) is 1. The van der Waals surface area contributed by atoms with Gasteiger partial charge in [0.1, 0.15) is 0 Å². The van der Waals surface area contributed by atoms with Crippen LogP contribution in [-0.4, -0.2) is 24.1 Å². The highest BCUT2D eigenvalue weighted by Crippen LogP contribution is 2.28. The zero-order valence-electron chi connectivity index (χ0n) is 11.0. The van der Waals surface area contributed by atoms with Crippen molar-refractivity contribution in [2.45, 2.75) is 10.9 Å². The van der Waals surface area contributed by atoms with Crippen LogP contribution in [0, 0.1) is 0 Å². The number of anilines is 1. The molecule has 0 radical (unpaired) electrons. The number of hydrogen-bond acceptors (Lipinski definition) is 5. The van der Waals surface area contributed by atoms with E-state index >= 15 is 0 Å². The number of ether oxygens (including phenoxy) is 1. The number of methoxy groups -OCH3 is 1. The molecular weight excluding hydrogens is 317 g/mol. The van der Waals surface area contributed by atoms with Crippen LogP contribution >= 0.6 is 35.0 Å². The molecule has 0 bridgehead atoms. The largest absolute Gasteiger partial charge is 0.491 e. The minimum absolute atomic E-state index is 0.552. The van der Waals surface area contributed by atoms with Crippen molar-refractivity contribution in [2.75, 3.05) is 19.5 Å². The van der Waals surface area contributed by atoms with Gasteiger partial charge in [0.25, 0.3) is 0 Å². The van der Waals surface area contributed by atoms with Crippen LogP contribution in [0.3, 0.4) is 0 Å². The van der Waals surface area contributed by atoms with E-state index in [1.807, 2.05) is 12.1 Å². The Kier molecular flexibility index (Phi) is 5.34. The fraction of sp³-hybridized carbons (Fsp3) is 0.231. The lowest BCUT2D eigenvalue weighted by molar-refractivity contribution is 0.411. The summed E-state index contributed by atoms with van der Waals surface area (Å²) in [4.78, 5) is 8.61. The molecule has 0 fully saturated rings. The molecule has 0 aliphatic heterocycles. The second-order valence-corrected chi connectivity index (χ2v) is 5.61. The van der Waals surface area contributed by atoms with Gasteiger partial charge in [-0.05, 0) is 17.7 Å². The van der Waals surface area contributed by atoms with Crippen LogP contribution in [-0.2, 0) is 5.75 Å². The number of aromatic nitrogens is 2. The second-order valence-electron chi connectivity index (χ2n) is 3.86. The SMILES string of the molecule is CNc1nc(SCc2ccc(Cl)c(Cl)c2)ncc1OC. The zero-order chi connectivity index (χ0) is 14.5. The number of thioether (sulfide) groups is 1. The van der Waals surface area contributed by atoms with Gasteiger partial charge in [-0.25, -0.2) is 9.97 Å². The van der Waals surface area contributed by atoms with Gasteiger partial charge in [-0.2, -0.15) is 0 Å². The van der Waals surface area contributed by atoms with Gasteiger partial charge in [-0.3, -0.25) is 0 Å². The summed E-state index contributed by atoms with van der Waals surface area (Å²) >= 11 is 13.4. The molecule has 0 aliphatic rings. The molecule has 1 aromatic heterocycles. The second kappa shape index (κ2) is 7.02. The lowest BCUT2D eigenvalue weighted by Crippen LogP contribution is -1.99. The molecule has 0 aliphatic carbocycles. The molecule has 1 heterocycles. The average Bonchev–Trinajstić information content (AvgIpc) is 2.48. The summed E-state index contributed by atoms with van der Waals surface area (Å²) in [6, 6.07) is 5.57. The maximum atomic E-state index is 5.98. The highest BCUT2D eigenvalue weighted by molar-refractivity contribution is 7.98. The summed E-state index contributed by atoms with van der Waals surface area (Å²) < 4.78 is 5.15. The Morgan fingerprint density at radius 1 is 1.30 bits per heavy atom. The molecule has 20 heavy (non-hydrogen) atoms. The van der Waals surface area contributed by atoms with Gasteiger partial charge in [-0.15, -0.1) is 0 Å². The highest BCUT2D eigenvalue weighted by Gasteiger charge is 2.07. The van der Waals surface area contributed by atoms with E-state index in [1.54, 1.807) is 26.4 Å². The summed E-state index contributed by atoms with van der Waals surface area (Å²) in [6.45, 7) is 0. The Labute approximate surface area is 131 Å². The van der Waals surface area contributed by atoms with Gasteiger partial charge in [0, 0.05) is 12.8 Å². The first-order chi connectivity index (χ1) is 9.63. The van der Waals surface area contributed by atoms with Gasteiger partial charge >= 0.3 is 0 Å². The molecule has 7 heteroatoms. The van der Waals surface area contributed by atoms with Gasteiger partial charge in [0.05, 0.1) is 23.4 Å². The van der Waals surface area contributed by atoms with E-state index in [-0.39, 0.29) is 0 Å². The number of hydrogen-bond donors (Lipinski definition) is 1. The fourth-order valence-electron chi connectivity index (χ4n) is 1.53. The van der Waals surface area contributed by atoms with Crippen LogP contribution in [0.15, 0.2) is 29.6 Å². The zero-order valence-corrected chi connectivity index (χ0v) is 13.3. The lowest BCUT2D eigenvalue weighted by Gasteiger charge is -2.08. The molecule has 2 aromatic rings. The third kappa shape index (κ3) is 3.69. The van der Waals surface area contributed by atoms with Crippen LogP contribution < -0.4 is 10.1 Å². The van der Waals surface area contributed by atoms with Crippen LogP contribution in [0.25, 0.3) is 0 Å². The summed E-state index contributed by atoms with van der Waals surface area (Å²) in [5.74, 6) is 2.00. The summed E-state index contributed by atoms with van der Waals surface area (Å²) in [7, 11) is 3.38. The minimum atomic E-state index is 0.552. The van der Waals surface area contributed by atoms with E-state index in [0.717, 1.165) is 5.56 Å². The van der Waals surface area contributed by atoms with Crippen LogP contribution in [0.4, 0.5) is 5.82 Å². The third-order valence-electron chi connectivity index (χ3n) is 2.54. The van der Waals surface area contributed by atoms with Gasteiger partial charge in [0.2, 0.25) is 0 Å². The lowest BCUT2D eigenvalue weighted by atomic mass is 10.2. The highest BCUT2D eigenvalue weighted by atomic mass is 35.5. The Bertz CT molecular complexity index is 610. The van der Waals surface area contributed by atoms with E-state index in [9.17, 15) is 0 Å². The quantitative estimate of drug-likeness (QED) is 0.660. The van der Waals surface area contributed by atoms with Crippen molar-refractivity contribution in [3.05, 3.63) is 40.0 Å². The molecular formula is C13H13Cl2N3OS. The van der Waals surface area contributed by atoms with Crippen molar-refractivity contribution in [3.8, 4) is 5.75 Å². The molecule has 2 rings (SSSR count). The summed E-state index contributed by atoms with van der Waals surface area (Å²) in [6.07, 6.45) is 1.65. The normalized spacial score (nSPS) is 10.4. The Morgan fingerprint density at radius 3 is 2.75 bits per heavy atom. The van der Waals surface area contributed by atoms with Crippen molar-refractivity contribution < 1.29 is 4.74 Å². The molecule has 0 saturated carbocycles. The van der Waals surface area contributed by atoms with Crippen molar-refractivity contribution in [3.63, 3.8) is 0 Å². The van der Waals surface area contributed by atoms with Gasteiger partial charge in [0.15, 0.2) is 16.7 Å². The smallest absolute Gasteiger partial charge is 0.190 e. The predicted octanol–water partition coefficient (Wildman–Crippen LogP) is 4.13. The molecule has 1 aromatic carbocycles. The molecule has 0 atom stereocenters.